The topological polar surface area (TPSA) is 128 Å². The predicted molar refractivity (Wildman–Crippen MR) is 88.4 cm³/mol. The van der Waals surface area contributed by atoms with E-state index in [1.165, 1.54) is 28.9 Å². The fraction of sp³-hybridized carbons (Fsp3) is 0.133. The van der Waals surface area contributed by atoms with Crippen LogP contribution in [0.3, 0.4) is 0 Å². The third-order valence-electron chi connectivity index (χ3n) is 3.28. The van der Waals surface area contributed by atoms with Crippen LogP contribution < -0.4 is 5.43 Å². The molecule has 1 amide bonds. The van der Waals surface area contributed by atoms with E-state index in [0.717, 1.165) is 11.4 Å². The normalized spacial score (nSPS) is 11.1. The first-order valence-corrected chi connectivity index (χ1v) is 7.23. The number of hydrazone groups is 1. The van der Waals surface area contributed by atoms with Gasteiger partial charge in [0.25, 0.3) is 11.5 Å². The monoisotopic (exact) mass is 339 g/mol. The first-order valence-electron chi connectivity index (χ1n) is 7.23. The Kier molecular flexibility index (Phi) is 4.16. The van der Waals surface area contributed by atoms with Crippen LogP contribution in [-0.2, 0) is 0 Å². The number of aromatic nitrogens is 4. The van der Waals surface area contributed by atoms with Gasteiger partial charge >= 0.3 is 5.91 Å². The Morgan fingerprint density at radius 3 is 2.88 bits per heavy atom. The summed E-state index contributed by atoms with van der Waals surface area (Å²) in [7, 11) is 0. The molecule has 0 aliphatic rings. The number of nitrogens with one attached hydrogen (secondary N) is 1. The molecule has 25 heavy (non-hydrogen) atoms. The fourth-order valence-corrected chi connectivity index (χ4v) is 2.20. The molecule has 10 nitrogen and oxygen atoms in total. The van der Waals surface area contributed by atoms with Crippen molar-refractivity contribution in [2.45, 2.75) is 13.8 Å². The van der Waals surface area contributed by atoms with Crippen LogP contribution in [0.15, 0.2) is 35.4 Å². The van der Waals surface area contributed by atoms with E-state index in [9.17, 15) is 14.9 Å². The number of non-ortho nitro benzene ring substituents is 1. The molecular weight excluding hydrogens is 326 g/mol. The minimum absolute atomic E-state index is 0.0609. The van der Waals surface area contributed by atoms with Crippen LogP contribution in [0, 0.1) is 24.0 Å². The molecule has 0 saturated carbocycles. The van der Waals surface area contributed by atoms with Gasteiger partial charge in [-0.25, -0.2) is 14.9 Å². The fourth-order valence-electron chi connectivity index (χ4n) is 2.20. The minimum atomic E-state index is -0.607. The van der Waals surface area contributed by atoms with Gasteiger partial charge in [-0.2, -0.15) is 10.1 Å². The van der Waals surface area contributed by atoms with Crippen molar-refractivity contribution in [1.29, 1.82) is 0 Å². The Hall–Kier alpha value is -3.69. The number of benzene rings is 1. The van der Waals surface area contributed by atoms with Crippen LogP contribution in [0.5, 0.6) is 0 Å². The van der Waals surface area contributed by atoms with E-state index >= 15 is 0 Å². The summed E-state index contributed by atoms with van der Waals surface area (Å²) < 4.78 is 1.46. The largest absolute Gasteiger partial charge is 0.311 e. The molecule has 0 aliphatic carbocycles. The number of nitro benzene ring substituents is 1. The van der Waals surface area contributed by atoms with Crippen molar-refractivity contribution in [3.05, 3.63) is 63.2 Å². The van der Waals surface area contributed by atoms with Crippen molar-refractivity contribution < 1.29 is 9.72 Å². The summed E-state index contributed by atoms with van der Waals surface area (Å²) >= 11 is 0. The molecule has 2 aromatic heterocycles. The second kappa shape index (κ2) is 6.43. The summed E-state index contributed by atoms with van der Waals surface area (Å²) in [6.07, 6.45) is 1.30. The Balaban J connectivity index is 1.75. The van der Waals surface area contributed by atoms with Gasteiger partial charge in [-0.05, 0) is 19.9 Å². The number of nitrogens with zero attached hydrogens (tertiary/aromatic N) is 6. The molecule has 0 fully saturated rings. The van der Waals surface area contributed by atoms with Crippen LogP contribution in [0.1, 0.15) is 27.6 Å². The number of fused-ring (bicyclic) bond motifs is 1. The first-order chi connectivity index (χ1) is 11.9. The van der Waals surface area contributed by atoms with Crippen LogP contribution in [0.2, 0.25) is 0 Å². The first kappa shape index (κ1) is 16.2. The van der Waals surface area contributed by atoms with Gasteiger partial charge < -0.3 is 0 Å². The molecule has 10 heteroatoms. The van der Waals surface area contributed by atoms with E-state index in [2.05, 4.69) is 25.6 Å². The Morgan fingerprint density at radius 1 is 1.32 bits per heavy atom. The van der Waals surface area contributed by atoms with Crippen LogP contribution in [-0.4, -0.2) is 36.6 Å². The summed E-state index contributed by atoms with van der Waals surface area (Å²) in [5.41, 5.74) is 4.27. The summed E-state index contributed by atoms with van der Waals surface area (Å²) in [5, 5.41) is 18.6. The lowest BCUT2D eigenvalue weighted by Gasteiger charge is -1.97. The number of hydrogen-bond donors (Lipinski definition) is 1. The van der Waals surface area contributed by atoms with Gasteiger partial charge in [0, 0.05) is 29.1 Å². The molecule has 2 heterocycles. The summed E-state index contributed by atoms with van der Waals surface area (Å²) in [5.74, 6) is -0.355. The molecule has 1 aromatic carbocycles. The van der Waals surface area contributed by atoms with Gasteiger partial charge in [-0.3, -0.25) is 14.9 Å². The standard InChI is InChI=1S/C15H13N7O3/c1-9-6-10(2)21-15(17-9)18-13(20-21)14(23)19-16-8-11-4-3-5-12(7-11)22(24)25/h3-8H,1-2H3,(H,19,23)/b16-8+. The number of carbonyl (C=O) groups is 1. The maximum atomic E-state index is 12.1. The van der Waals surface area contributed by atoms with E-state index in [-0.39, 0.29) is 11.5 Å². The van der Waals surface area contributed by atoms with E-state index in [4.69, 9.17) is 0 Å². The molecule has 0 spiro atoms. The average molecular weight is 339 g/mol. The van der Waals surface area contributed by atoms with Crippen LogP contribution >= 0.6 is 0 Å². The minimum Gasteiger partial charge on any atom is -0.264 e. The molecule has 1 N–H and O–H groups in total. The average Bonchev–Trinajstić information content (AvgIpc) is 2.99. The lowest BCUT2D eigenvalue weighted by molar-refractivity contribution is -0.384. The van der Waals surface area contributed by atoms with Crippen LogP contribution in [0.25, 0.3) is 5.78 Å². The van der Waals surface area contributed by atoms with E-state index in [1.807, 2.05) is 19.9 Å². The Bertz CT molecular complexity index is 1010. The number of hydrogen-bond acceptors (Lipinski definition) is 7. The summed E-state index contributed by atoms with van der Waals surface area (Å²) in [6.45, 7) is 3.66. The zero-order chi connectivity index (χ0) is 18.0. The third-order valence-corrected chi connectivity index (χ3v) is 3.28. The second-order valence-electron chi connectivity index (χ2n) is 5.24. The van der Waals surface area contributed by atoms with Gasteiger partial charge in [0.15, 0.2) is 0 Å². The third kappa shape index (κ3) is 3.47. The van der Waals surface area contributed by atoms with E-state index in [1.54, 1.807) is 6.07 Å². The number of carbonyl (C=O) groups excluding carboxylic acids is 1. The Labute approximate surface area is 141 Å². The van der Waals surface area contributed by atoms with Gasteiger partial charge in [0.2, 0.25) is 5.82 Å². The molecule has 126 valence electrons. The summed E-state index contributed by atoms with van der Waals surface area (Å²) in [6, 6.07) is 7.69. The molecule has 0 saturated heterocycles. The number of nitro groups is 1. The van der Waals surface area contributed by atoms with Gasteiger partial charge in [0.1, 0.15) is 0 Å². The molecule has 0 bridgehead atoms. The molecule has 0 unspecified atom stereocenters. The number of amides is 1. The van der Waals surface area contributed by atoms with Crippen molar-refractivity contribution in [2.24, 2.45) is 5.10 Å². The number of rotatable bonds is 4. The predicted octanol–water partition coefficient (Wildman–Crippen LogP) is 1.41. The highest BCUT2D eigenvalue weighted by molar-refractivity contribution is 5.91. The van der Waals surface area contributed by atoms with Crippen molar-refractivity contribution in [3.8, 4) is 0 Å². The lowest BCUT2D eigenvalue weighted by Crippen LogP contribution is -2.19. The molecule has 3 aromatic rings. The van der Waals surface area contributed by atoms with Crippen LogP contribution in [0.4, 0.5) is 5.69 Å². The van der Waals surface area contributed by atoms with E-state index < -0.39 is 10.8 Å². The van der Waals surface area contributed by atoms with Crippen molar-refractivity contribution in [3.63, 3.8) is 0 Å². The van der Waals surface area contributed by atoms with E-state index in [0.29, 0.717) is 11.3 Å². The molecule has 0 aliphatic heterocycles. The highest BCUT2D eigenvalue weighted by Crippen LogP contribution is 2.11. The molecule has 0 radical (unpaired) electrons. The maximum Gasteiger partial charge on any atom is 0.311 e. The zero-order valence-electron chi connectivity index (χ0n) is 13.4. The second-order valence-corrected chi connectivity index (χ2v) is 5.24. The lowest BCUT2D eigenvalue weighted by atomic mass is 10.2. The highest BCUT2D eigenvalue weighted by atomic mass is 16.6. The Morgan fingerprint density at radius 2 is 2.12 bits per heavy atom. The van der Waals surface area contributed by atoms with Gasteiger partial charge in [-0.15, -0.1) is 5.10 Å². The summed E-state index contributed by atoms with van der Waals surface area (Å²) in [4.78, 5) is 30.6. The van der Waals surface area contributed by atoms with Crippen molar-refractivity contribution >= 4 is 23.6 Å². The molecular formula is C15H13N7O3. The van der Waals surface area contributed by atoms with Gasteiger partial charge in [0.05, 0.1) is 11.1 Å². The van der Waals surface area contributed by atoms with Crippen molar-refractivity contribution in [2.75, 3.05) is 0 Å². The highest BCUT2D eigenvalue weighted by Gasteiger charge is 2.14. The van der Waals surface area contributed by atoms with Crippen molar-refractivity contribution in [1.82, 2.24) is 25.0 Å². The smallest absolute Gasteiger partial charge is 0.264 e. The quantitative estimate of drug-likeness (QED) is 0.435. The molecule has 0 atom stereocenters. The zero-order valence-corrected chi connectivity index (χ0v) is 13.4. The maximum absolute atomic E-state index is 12.1. The van der Waals surface area contributed by atoms with Gasteiger partial charge in [-0.1, -0.05) is 12.1 Å². The molecule has 3 rings (SSSR count). The number of aryl methyl sites for hydroxylation is 2. The SMILES string of the molecule is Cc1cc(C)n2nc(C(=O)N/N=C/c3cccc([N+](=O)[O-])c3)nc2n1.